The molecule has 0 saturated carbocycles. The lowest BCUT2D eigenvalue weighted by atomic mass is 10.1. The van der Waals surface area contributed by atoms with Gasteiger partial charge in [0, 0.05) is 5.02 Å². The van der Waals surface area contributed by atoms with Gasteiger partial charge < -0.3 is 10.1 Å². The van der Waals surface area contributed by atoms with Crippen molar-refractivity contribution in [2.24, 2.45) is 0 Å². The molecular formula is C12H13ClFNO. The van der Waals surface area contributed by atoms with Gasteiger partial charge in [-0.3, -0.25) is 0 Å². The molecule has 0 amide bonds. The number of allylic oxidation sites excluding steroid dienone is 1. The van der Waals surface area contributed by atoms with Gasteiger partial charge in [0.15, 0.2) is 0 Å². The number of hydrogen-bond donors (Lipinski definition) is 1. The Labute approximate surface area is 99.1 Å². The Hall–Kier alpha value is -1.22. The molecule has 4 heteroatoms. The zero-order valence-corrected chi connectivity index (χ0v) is 9.51. The molecule has 2 nitrogen and oxygen atoms in total. The van der Waals surface area contributed by atoms with E-state index in [2.05, 4.69) is 5.32 Å². The summed E-state index contributed by atoms with van der Waals surface area (Å²) in [4.78, 5) is 0. The molecule has 1 aliphatic rings. The minimum absolute atomic E-state index is 0.111. The van der Waals surface area contributed by atoms with E-state index >= 15 is 0 Å². The molecule has 86 valence electrons. The van der Waals surface area contributed by atoms with E-state index in [1.54, 1.807) is 18.4 Å². The summed E-state index contributed by atoms with van der Waals surface area (Å²) in [5, 5.41) is 3.42. The first-order valence-electron chi connectivity index (χ1n) is 5.25. The van der Waals surface area contributed by atoms with Gasteiger partial charge in [0.2, 0.25) is 0 Å². The molecule has 1 unspecified atom stereocenters. The Kier molecular flexibility index (Phi) is 3.67. The third kappa shape index (κ3) is 2.89. The summed E-state index contributed by atoms with van der Waals surface area (Å²) in [6, 6.07) is 4.59. The second kappa shape index (κ2) is 5.21. The Morgan fingerprint density at radius 2 is 2.38 bits per heavy atom. The van der Waals surface area contributed by atoms with Gasteiger partial charge in [0.05, 0.1) is 18.5 Å². The van der Waals surface area contributed by atoms with E-state index in [0.29, 0.717) is 17.3 Å². The molecule has 1 aromatic carbocycles. The Balaban J connectivity index is 1.91. The average molecular weight is 242 g/mol. The molecular weight excluding hydrogens is 229 g/mol. The van der Waals surface area contributed by atoms with Gasteiger partial charge in [-0.2, -0.15) is 0 Å². The van der Waals surface area contributed by atoms with Gasteiger partial charge in [-0.15, -0.1) is 0 Å². The monoisotopic (exact) mass is 241 g/mol. The summed E-state index contributed by atoms with van der Waals surface area (Å²) in [5.41, 5.74) is 0.461. The molecule has 0 spiro atoms. The van der Waals surface area contributed by atoms with Crippen LogP contribution in [-0.4, -0.2) is 12.6 Å². The molecule has 0 aliphatic carbocycles. The Bertz CT molecular complexity index is 395. The van der Waals surface area contributed by atoms with Crippen molar-refractivity contribution in [1.29, 1.82) is 0 Å². The fourth-order valence-corrected chi connectivity index (χ4v) is 1.75. The summed E-state index contributed by atoms with van der Waals surface area (Å²) >= 11 is 5.66. The van der Waals surface area contributed by atoms with Crippen molar-refractivity contribution < 1.29 is 9.13 Å². The molecule has 0 radical (unpaired) electrons. The molecule has 2 rings (SSSR count). The van der Waals surface area contributed by atoms with Crippen molar-refractivity contribution in [3.63, 3.8) is 0 Å². The first-order valence-corrected chi connectivity index (χ1v) is 5.63. The van der Waals surface area contributed by atoms with Crippen molar-refractivity contribution >= 4 is 17.3 Å². The van der Waals surface area contributed by atoms with Gasteiger partial charge in [-0.05, 0) is 37.1 Å². The van der Waals surface area contributed by atoms with E-state index in [-0.39, 0.29) is 11.9 Å². The van der Waals surface area contributed by atoms with E-state index in [1.165, 1.54) is 6.07 Å². The summed E-state index contributed by atoms with van der Waals surface area (Å²) in [5.74, 6) is -0.334. The van der Waals surface area contributed by atoms with Crippen LogP contribution >= 0.6 is 11.6 Å². The minimum Gasteiger partial charge on any atom is -0.497 e. The highest BCUT2D eigenvalue weighted by Gasteiger charge is 2.11. The van der Waals surface area contributed by atoms with Gasteiger partial charge in [-0.25, -0.2) is 4.39 Å². The van der Waals surface area contributed by atoms with Gasteiger partial charge in [-0.1, -0.05) is 11.6 Å². The van der Waals surface area contributed by atoms with Crippen LogP contribution in [0.5, 0.6) is 0 Å². The number of nitrogens with one attached hydrogen (secondary N) is 1. The number of ether oxygens (including phenoxy) is 1. The van der Waals surface area contributed by atoms with Gasteiger partial charge in [0.25, 0.3) is 0 Å². The fraction of sp³-hybridized carbons (Fsp3) is 0.333. The molecule has 0 bridgehead atoms. The molecule has 1 atom stereocenters. The van der Waals surface area contributed by atoms with E-state index in [9.17, 15) is 4.39 Å². The third-order valence-corrected chi connectivity index (χ3v) is 2.71. The van der Waals surface area contributed by atoms with Crippen molar-refractivity contribution in [3.05, 3.63) is 41.4 Å². The predicted molar refractivity (Wildman–Crippen MR) is 63.1 cm³/mol. The molecule has 1 heterocycles. The predicted octanol–water partition coefficient (Wildman–Crippen LogP) is 3.58. The van der Waals surface area contributed by atoms with E-state index in [0.717, 1.165) is 12.8 Å². The Morgan fingerprint density at radius 1 is 1.50 bits per heavy atom. The van der Waals surface area contributed by atoms with Crippen LogP contribution in [0.15, 0.2) is 30.5 Å². The number of benzene rings is 1. The fourth-order valence-electron chi connectivity index (χ4n) is 1.59. The van der Waals surface area contributed by atoms with Crippen LogP contribution in [0.25, 0.3) is 0 Å². The highest BCUT2D eigenvalue weighted by atomic mass is 35.5. The van der Waals surface area contributed by atoms with Crippen LogP contribution < -0.4 is 5.32 Å². The van der Waals surface area contributed by atoms with Gasteiger partial charge in [0.1, 0.15) is 11.9 Å². The second-order valence-corrected chi connectivity index (χ2v) is 4.15. The highest BCUT2D eigenvalue weighted by Crippen LogP contribution is 2.19. The smallest absolute Gasteiger partial charge is 0.147 e. The molecule has 1 aliphatic heterocycles. The van der Waals surface area contributed by atoms with Crippen molar-refractivity contribution in [1.82, 2.24) is 0 Å². The van der Waals surface area contributed by atoms with E-state index in [4.69, 9.17) is 16.3 Å². The zero-order chi connectivity index (χ0) is 11.4. The quantitative estimate of drug-likeness (QED) is 0.873. The molecule has 0 aromatic heterocycles. The second-order valence-electron chi connectivity index (χ2n) is 3.71. The molecule has 0 fully saturated rings. The number of anilines is 1. The van der Waals surface area contributed by atoms with Crippen molar-refractivity contribution in [2.75, 3.05) is 11.9 Å². The normalized spacial score (nSPS) is 19.2. The zero-order valence-electron chi connectivity index (χ0n) is 8.75. The maximum absolute atomic E-state index is 13.4. The lowest BCUT2D eigenvalue weighted by molar-refractivity contribution is 0.135. The summed E-state index contributed by atoms with van der Waals surface area (Å²) in [7, 11) is 0. The van der Waals surface area contributed by atoms with Crippen LogP contribution in [-0.2, 0) is 4.74 Å². The SMILES string of the molecule is Fc1cc(Cl)ccc1NCC1CCC=CO1. The molecule has 16 heavy (non-hydrogen) atoms. The largest absolute Gasteiger partial charge is 0.497 e. The van der Waals surface area contributed by atoms with Crippen LogP contribution in [0.1, 0.15) is 12.8 Å². The highest BCUT2D eigenvalue weighted by molar-refractivity contribution is 6.30. The third-order valence-electron chi connectivity index (χ3n) is 2.47. The van der Waals surface area contributed by atoms with E-state index in [1.807, 2.05) is 6.08 Å². The average Bonchev–Trinajstić information content (AvgIpc) is 2.29. The van der Waals surface area contributed by atoms with Crippen molar-refractivity contribution in [3.8, 4) is 0 Å². The van der Waals surface area contributed by atoms with Crippen molar-refractivity contribution in [2.45, 2.75) is 18.9 Å². The lowest BCUT2D eigenvalue weighted by Gasteiger charge is -2.20. The van der Waals surface area contributed by atoms with Crippen LogP contribution in [0.2, 0.25) is 5.02 Å². The molecule has 1 aromatic rings. The Morgan fingerprint density at radius 3 is 3.06 bits per heavy atom. The number of rotatable bonds is 3. The van der Waals surface area contributed by atoms with Crippen LogP contribution in [0, 0.1) is 5.82 Å². The lowest BCUT2D eigenvalue weighted by Crippen LogP contribution is -2.23. The number of halogens is 2. The number of hydrogen-bond acceptors (Lipinski definition) is 2. The molecule has 1 N–H and O–H groups in total. The van der Waals surface area contributed by atoms with E-state index < -0.39 is 0 Å². The summed E-state index contributed by atoms with van der Waals surface area (Å²) in [6.07, 6.45) is 5.77. The first-order chi connectivity index (χ1) is 7.75. The first kappa shape index (κ1) is 11.3. The maximum atomic E-state index is 13.4. The summed E-state index contributed by atoms with van der Waals surface area (Å²) < 4.78 is 18.8. The minimum atomic E-state index is -0.334. The topological polar surface area (TPSA) is 21.3 Å². The van der Waals surface area contributed by atoms with Crippen LogP contribution in [0.4, 0.5) is 10.1 Å². The van der Waals surface area contributed by atoms with Gasteiger partial charge >= 0.3 is 0 Å². The maximum Gasteiger partial charge on any atom is 0.147 e. The summed E-state index contributed by atoms with van der Waals surface area (Å²) in [6.45, 7) is 0.600. The van der Waals surface area contributed by atoms with Crippen LogP contribution in [0.3, 0.4) is 0 Å². The molecule has 0 saturated heterocycles. The standard InChI is InChI=1S/C12H13ClFNO/c13-9-4-5-12(11(14)7-9)15-8-10-3-1-2-6-16-10/h2,4-7,10,15H,1,3,8H2.